The Morgan fingerprint density at radius 2 is 2.11 bits per heavy atom. The number of nitrogens with two attached hydrogens (primary N) is 1. The first-order valence-electron chi connectivity index (χ1n) is 6.19. The smallest absolute Gasteiger partial charge is 0.145 e. The first-order valence-corrected chi connectivity index (χ1v) is 6.98. The fourth-order valence-electron chi connectivity index (χ4n) is 1.77. The highest BCUT2D eigenvalue weighted by atomic mass is 79.9. The number of pyridine rings is 1. The molecule has 2 rings (SSSR count). The third kappa shape index (κ3) is 4.04. The van der Waals surface area contributed by atoms with Gasteiger partial charge >= 0.3 is 0 Å². The molecule has 0 amide bonds. The number of halogens is 1. The Balaban J connectivity index is 2.15. The van der Waals surface area contributed by atoms with Gasteiger partial charge in [-0.15, -0.1) is 0 Å². The van der Waals surface area contributed by atoms with Crippen LogP contribution in [0.5, 0.6) is 11.5 Å². The molecule has 0 bridgehead atoms. The molecule has 0 radical (unpaired) electrons. The third-order valence-electron chi connectivity index (χ3n) is 2.67. The van der Waals surface area contributed by atoms with Crippen LogP contribution in [0.3, 0.4) is 0 Å². The molecule has 1 atom stereocenters. The Bertz CT molecular complexity index is 553. The summed E-state index contributed by atoms with van der Waals surface area (Å²) < 4.78 is 6.71. The van der Waals surface area contributed by atoms with Gasteiger partial charge in [0.05, 0.1) is 10.7 Å². The van der Waals surface area contributed by atoms with Gasteiger partial charge in [0.15, 0.2) is 0 Å². The molecule has 0 aliphatic heterocycles. The lowest BCUT2D eigenvalue weighted by atomic mass is 10.1. The van der Waals surface area contributed by atoms with E-state index in [9.17, 15) is 0 Å². The number of hydrogen-bond donors (Lipinski definition) is 1. The monoisotopic (exact) mass is 320 g/mol. The van der Waals surface area contributed by atoms with E-state index in [1.807, 2.05) is 44.2 Å². The van der Waals surface area contributed by atoms with E-state index in [0.717, 1.165) is 28.1 Å². The van der Waals surface area contributed by atoms with Crippen LogP contribution in [0.25, 0.3) is 0 Å². The Kier molecular flexibility index (Phi) is 4.56. The van der Waals surface area contributed by atoms with Crippen LogP contribution in [0.2, 0.25) is 0 Å². The van der Waals surface area contributed by atoms with E-state index < -0.39 is 0 Å². The number of nitrogens with zero attached hydrogens (tertiary/aromatic N) is 1. The summed E-state index contributed by atoms with van der Waals surface area (Å²) in [6, 6.07) is 10.0. The maximum atomic E-state index is 5.80. The number of aryl methyl sites for hydroxylation is 1. The minimum atomic E-state index is 0.153. The van der Waals surface area contributed by atoms with Crippen molar-refractivity contribution in [1.82, 2.24) is 4.98 Å². The molecule has 0 fully saturated rings. The number of ether oxygens (including phenoxy) is 1. The lowest BCUT2D eigenvalue weighted by molar-refractivity contribution is 0.476. The fraction of sp³-hybridized carbons (Fsp3) is 0.267. The standard InChI is InChI=1S/C15H17BrN2O/c1-10(17)7-12-4-6-15(14(16)8-12)19-13-5-3-11(2)18-9-13/h3-6,8-10H,7,17H2,1-2H3. The molecule has 0 saturated heterocycles. The maximum absolute atomic E-state index is 5.80. The van der Waals surface area contributed by atoms with E-state index in [4.69, 9.17) is 10.5 Å². The van der Waals surface area contributed by atoms with Gasteiger partial charge < -0.3 is 10.5 Å². The van der Waals surface area contributed by atoms with Crippen molar-refractivity contribution in [2.45, 2.75) is 26.3 Å². The van der Waals surface area contributed by atoms with E-state index in [1.54, 1.807) is 6.20 Å². The second-order valence-corrected chi connectivity index (χ2v) is 5.54. The molecular formula is C15H17BrN2O. The number of benzene rings is 1. The van der Waals surface area contributed by atoms with E-state index >= 15 is 0 Å². The summed E-state index contributed by atoms with van der Waals surface area (Å²) in [6.07, 6.45) is 2.57. The van der Waals surface area contributed by atoms with Crippen molar-refractivity contribution in [2.24, 2.45) is 5.73 Å². The first kappa shape index (κ1) is 14.0. The van der Waals surface area contributed by atoms with E-state index in [1.165, 1.54) is 5.56 Å². The van der Waals surface area contributed by atoms with Crippen LogP contribution < -0.4 is 10.5 Å². The second-order valence-electron chi connectivity index (χ2n) is 4.68. The second kappa shape index (κ2) is 6.17. The van der Waals surface area contributed by atoms with Crippen LogP contribution in [-0.2, 0) is 6.42 Å². The summed E-state index contributed by atoms with van der Waals surface area (Å²) in [5.74, 6) is 1.50. The highest BCUT2D eigenvalue weighted by molar-refractivity contribution is 9.10. The van der Waals surface area contributed by atoms with Crippen LogP contribution in [-0.4, -0.2) is 11.0 Å². The molecule has 2 N–H and O–H groups in total. The topological polar surface area (TPSA) is 48.1 Å². The van der Waals surface area contributed by atoms with E-state index in [0.29, 0.717) is 0 Å². The van der Waals surface area contributed by atoms with Crippen LogP contribution in [0.15, 0.2) is 41.0 Å². The van der Waals surface area contributed by atoms with Gasteiger partial charge in [0.2, 0.25) is 0 Å². The van der Waals surface area contributed by atoms with Crippen molar-refractivity contribution in [3.63, 3.8) is 0 Å². The van der Waals surface area contributed by atoms with Crippen molar-refractivity contribution in [3.8, 4) is 11.5 Å². The van der Waals surface area contributed by atoms with Gasteiger partial charge in [-0.1, -0.05) is 6.07 Å². The van der Waals surface area contributed by atoms with Gasteiger partial charge in [-0.2, -0.15) is 0 Å². The lowest BCUT2D eigenvalue weighted by Gasteiger charge is -2.10. The third-order valence-corrected chi connectivity index (χ3v) is 3.29. The number of aromatic nitrogens is 1. The zero-order valence-electron chi connectivity index (χ0n) is 11.1. The average molecular weight is 321 g/mol. The summed E-state index contributed by atoms with van der Waals surface area (Å²) in [5.41, 5.74) is 7.96. The molecule has 0 saturated carbocycles. The van der Waals surface area contributed by atoms with Crippen molar-refractivity contribution in [3.05, 3.63) is 52.3 Å². The van der Waals surface area contributed by atoms with Crippen molar-refractivity contribution in [2.75, 3.05) is 0 Å². The van der Waals surface area contributed by atoms with Crippen LogP contribution >= 0.6 is 15.9 Å². The van der Waals surface area contributed by atoms with Gasteiger partial charge in [0.1, 0.15) is 11.5 Å². The molecule has 4 heteroatoms. The van der Waals surface area contributed by atoms with E-state index in [-0.39, 0.29) is 6.04 Å². The SMILES string of the molecule is Cc1ccc(Oc2ccc(CC(C)N)cc2Br)cn1. The summed E-state index contributed by atoms with van der Waals surface area (Å²) in [4.78, 5) is 4.21. The zero-order valence-corrected chi connectivity index (χ0v) is 12.6. The van der Waals surface area contributed by atoms with Crippen molar-refractivity contribution < 1.29 is 4.74 Å². The summed E-state index contributed by atoms with van der Waals surface area (Å²) in [6.45, 7) is 3.94. The van der Waals surface area contributed by atoms with E-state index in [2.05, 4.69) is 20.9 Å². The van der Waals surface area contributed by atoms with Gasteiger partial charge in [-0.25, -0.2) is 0 Å². The Morgan fingerprint density at radius 3 is 2.68 bits per heavy atom. The zero-order chi connectivity index (χ0) is 13.8. The van der Waals surface area contributed by atoms with Crippen LogP contribution in [0, 0.1) is 6.92 Å². The molecule has 19 heavy (non-hydrogen) atoms. The molecule has 2 aromatic rings. The Labute approximate surface area is 121 Å². The quantitative estimate of drug-likeness (QED) is 0.931. The molecule has 3 nitrogen and oxygen atoms in total. The largest absolute Gasteiger partial charge is 0.455 e. The minimum absolute atomic E-state index is 0.153. The summed E-state index contributed by atoms with van der Waals surface area (Å²) in [7, 11) is 0. The molecule has 1 aromatic carbocycles. The molecule has 1 unspecified atom stereocenters. The molecule has 100 valence electrons. The molecule has 0 aliphatic rings. The Morgan fingerprint density at radius 1 is 1.32 bits per heavy atom. The normalized spacial score (nSPS) is 12.2. The fourth-order valence-corrected chi connectivity index (χ4v) is 2.27. The molecule has 1 heterocycles. The number of rotatable bonds is 4. The highest BCUT2D eigenvalue weighted by Gasteiger charge is 2.06. The highest BCUT2D eigenvalue weighted by Crippen LogP contribution is 2.30. The van der Waals surface area contributed by atoms with Crippen LogP contribution in [0.1, 0.15) is 18.2 Å². The maximum Gasteiger partial charge on any atom is 0.145 e. The first-order chi connectivity index (χ1) is 9.04. The molecule has 0 spiro atoms. The molecule has 1 aromatic heterocycles. The molecule has 0 aliphatic carbocycles. The summed E-state index contributed by atoms with van der Waals surface area (Å²) >= 11 is 3.52. The van der Waals surface area contributed by atoms with Gasteiger partial charge in [-0.05, 0) is 66.0 Å². The predicted octanol–water partition coefficient (Wildman–Crippen LogP) is 3.83. The Hall–Kier alpha value is -1.39. The predicted molar refractivity (Wildman–Crippen MR) is 80.5 cm³/mol. The van der Waals surface area contributed by atoms with Crippen molar-refractivity contribution in [1.29, 1.82) is 0 Å². The lowest BCUT2D eigenvalue weighted by Crippen LogP contribution is -2.17. The van der Waals surface area contributed by atoms with Gasteiger partial charge in [0.25, 0.3) is 0 Å². The van der Waals surface area contributed by atoms with Gasteiger partial charge in [-0.3, -0.25) is 4.98 Å². The minimum Gasteiger partial charge on any atom is -0.455 e. The average Bonchev–Trinajstić information content (AvgIpc) is 2.34. The van der Waals surface area contributed by atoms with Crippen molar-refractivity contribution >= 4 is 15.9 Å². The van der Waals surface area contributed by atoms with Crippen LogP contribution in [0.4, 0.5) is 0 Å². The number of hydrogen-bond acceptors (Lipinski definition) is 3. The molecular weight excluding hydrogens is 304 g/mol. The van der Waals surface area contributed by atoms with Gasteiger partial charge in [0, 0.05) is 11.7 Å². The summed E-state index contributed by atoms with van der Waals surface area (Å²) in [5, 5.41) is 0.